The molecule has 138 valence electrons. The van der Waals surface area contributed by atoms with Gasteiger partial charge < -0.3 is 5.32 Å². The third-order valence-electron chi connectivity index (χ3n) is 3.56. The number of thiazole rings is 1. The number of alkyl halides is 3. The largest absolute Gasteiger partial charge is 0.427 e. The molecule has 0 atom stereocenters. The summed E-state index contributed by atoms with van der Waals surface area (Å²) in [5.74, 6) is 0. The summed E-state index contributed by atoms with van der Waals surface area (Å²) in [5, 5.41) is 2.96. The number of halogens is 3. The second-order valence-corrected chi connectivity index (χ2v) is 8.67. The molecule has 0 fully saturated rings. The molecule has 10 heteroatoms. The van der Waals surface area contributed by atoms with Gasteiger partial charge in [-0.2, -0.15) is 17.5 Å². The second-order valence-electron chi connectivity index (χ2n) is 5.64. The van der Waals surface area contributed by atoms with Crippen molar-refractivity contribution in [1.82, 2.24) is 9.29 Å². The highest BCUT2D eigenvalue weighted by Gasteiger charge is 2.33. The first-order valence-electron chi connectivity index (χ1n) is 7.35. The van der Waals surface area contributed by atoms with E-state index >= 15 is 0 Å². The average molecular weight is 393 g/mol. The minimum Gasteiger partial charge on any atom is -0.357 e. The molecule has 2 aromatic rings. The SMILES string of the molecule is CC(C)N(C)S(=O)(=O)c1ccc(CNc2ncc(C(F)(F)F)s2)cc1. The Balaban J connectivity index is 2.05. The Labute approximate surface area is 148 Å². The summed E-state index contributed by atoms with van der Waals surface area (Å²) in [6.07, 6.45) is -3.62. The Bertz CT molecular complexity index is 815. The highest BCUT2D eigenvalue weighted by Crippen LogP contribution is 2.35. The zero-order valence-corrected chi connectivity index (χ0v) is 15.5. The van der Waals surface area contributed by atoms with Crippen LogP contribution in [0.25, 0.3) is 0 Å². The summed E-state index contributed by atoms with van der Waals surface area (Å²) in [7, 11) is -2.05. The number of sulfonamides is 1. The Morgan fingerprint density at radius 2 is 1.84 bits per heavy atom. The van der Waals surface area contributed by atoms with Crippen molar-refractivity contribution in [3.63, 3.8) is 0 Å². The maximum absolute atomic E-state index is 12.5. The molecule has 0 radical (unpaired) electrons. The molecule has 0 saturated carbocycles. The number of anilines is 1. The molecule has 0 saturated heterocycles. The fourth-order valence-corrected chi connectivity index (χ4v) is 3.93. The standard InChI is InChI=1S/C15H18F3N3O2S2/c1-10(2)21(3)25(22,23)12-6-4-11(5-7-12)8-19-14-20-9-13(24-14)15(16,17)18/h4-7,9-10H,8H2,1-3H3,(H,19,20). The molecule has 1 aromatic heterocycles. The first-order valence-corrected chi connectivity index (χ1v) is 9.61. The normalized spacial score (nSPS) is 12.8. The monoisotopic (exact) mass is 393 g/mol. The number of aromatic nitrogens is 1. The highest BCUT2D eigenvalue weighted by molar-refractivity contribution is 7.89. The summed E-state index contributed by atoms with van der Waals surface area (Å²) >= 11 is 0.524. The molecule has 0 aliphatic rings. The van der Waals surface area contributed by atoms with E-state index in [1.165, 1.54) is 23.5 Å². The summed E-state index contributed by atoms with van der Waals surface area (Å²) in [5.41, 5.74) is 0.731. The van der Waals surface area contributed by atoms with Crippen LogP contribution in [-0.4, -0.2) is 30.8 Å². The molecule has 0 aliphatic heterocycles. The van der Waals surface area contributed by atoms with Gasteiger partial charge in [0.25, 0.3) is 0 Å². The number of rotatable bonds is 6. The topological polar surface area (TPSA) is 62.3 Å². The van der Waals surface area contributed by atoms with Crippen LogP contribution in [0.3, 0.4) is 0 Å². The highest BCUT2D eigenvalue weighted by atomic mass is 32.2. The van der Waals surface area contributed by atoms with Crippen LogP contribution < -0.4 is 5.32 Å². The predicted octanol–water partition coefficient (Wildman–Crippen LogP) is 3.80. The summed E-state index contributed by atoms with van der Waals surface area (Å²) < 4.78 is 63.6. The van der Waals surface area contributed by atoms with E-state index in [-0.39, 0.29) is 22.6 Å². The summed E-state index contributed by atoms with van der Waals surface area (Å²) in [6.45, 7) is 3.79. The van der Waals surface area contributed by atoms with Crippen LogP contribution in [0.2, 0.25) is 0 Å². The number of nitrogens with one attached hydrogen (secondary N) is 1. The Kier molecular flexibility index (Phi) is 5.75. The molecule has 0 bridgehead atoms. The van der Waals surface area contributed by atoms with Crippen LogP contribution in [0.5, 0.6) is 0 Å². The zero-order chi connectivity index (χ0) is 18.8. The third-order valence-corrected chi connectivity index (χ3v) is 6.60. The molecule has 0 amide bonds. The average Bonchev–Trinajstić information content (AvgIpc) is 3.01. The van der Waals surface area contributed by atoms with Crippen LogP contribution in [0.15, 0.2) is 35.4 Å². The molecular formula is C15H18F3N3O2S2. The molecule has 1 N–H and O–H groups in total. The quantitative estimate of drug-likeness (QED) is 0.811. The van der Waals surface area contributed by atoms with Crippen molar-refractivity contribution in [3.05, 3.63) is 40.9 Å². The van der Waals surface area contributed by atoms with Crippen molar-refractivity contribution in [2.45, 2.75) is 37.5 Å². The molecular weight excluding hydrogens is 375 g/mol. The first-order chi connectivity index (χ1) is 11.5. The van der Waals surface area contributed by atoms with Gasteiger partial charge >= 0.3 is 6.18 Å². The number of benzene rings is 1. The lowest BCUT2D eigenvalue weighted by Gasteiger charge is -2.21. The second kappa shape index (κ2) is 7.30. The van der Waals surface area contributed by atoms with Gasteiger partial charge in [0.05, 0.1) is 11.1 Å². The minimum atomic E-state index is -4.41. The lowest BCUT2D eigenvalue weighted by atomic mass is 10.2. The van der Waals surface area contributed by atoms with E-state index in [1.807, 2.05) is 0 Å². The van der Waals surface area contributed by atoms with Crippen molar-refractivity contribution in [3.8, 4) is 0 Å². The molecule has 5 nitrogen and oxygen atoms in total. The van der Waals surface area contributed by atoms with Gasteiger partial charge in [0.2, 0.25) is 10.0 Å². The number of hydrogen-bond donors (Lipinski definition) is 1. The number of hydrogen-bond acceptors (Lipinski definition) is 5. The lowest BCUT2D eigenvalue weighted by molar-refractivity contribution is -0.134. The van der Waals surface area contributed by atoms with Crippen molar-refractivity contribution < 1.29 is 21.6 Å². The summed E-state index contributed by atoms with van der Waals surface area (Å²) in [6, 6.07) is 6.03. The lowest BCUT2D eigenvalue weighted by Crippen LogP contribution is -2.33. The zero-order valence-electron chi connectivity index (χ0n) is 13.8. The van der Waals surface area contributed by atoms with Gasteiger partial charge in [0.1, 0.15) is 4.88 Å². The smallest absolute Gasteiger partial charge is 0.357 e. The van der Waals surface area contributed by atoms with E-state index in [9.17, 15) is 21.6 Å². The van der Waals surface area contributed by atoms with Gasteiger partial charge in [-0.3, -0.25) is 0 Å². The van der Waals surface area contributed by atoms with Gasteiger partial charge in [-0.25, -0.2) is 13.4 Å². The van der Waals surface area contributed by atoms with Crippen LogP contribution in [0.1, 0.15) is 24.3 Å². The van der Waals surface area contributed by atoms with Crippen molar-refractivity contribution in [2.24, 2.45) is 0 Å². The first kappa shape index (κ1) is 19.7. The fourth-order valence-electron chi connectivity index (χ4n) is 1.89. The fraction of sp³-hybridized carbons (Fsp3) is 0.400. The van der Waals surface area contributed by atoms with E-state index in [0.29, 0.717) is 11.3 Å². The van der Waals surface area contributed by atoms with Crippen molar-refractivity contribution >= 4 is 26.5 Å². The summed E-state index contributed by atoms with van der Waals surface area (Å²) in [4.78, 5) is 3.08. The molecule has 0 unspecified atom stereocenters. The van der Waals surface area contributed by atoms with Gasteiger partial charge in [-0.1, -0.05) is 23.5 Å². The van der Waals surface area contributed by atoms with Gasteiger partial charge in [-0.05, 0) is 31.5 Å². The van der Waals surface area contributed by atoms with E-state index in [2.05, 4.69) is 10.3 Å². The van der Waals surface area contributed by atoms with E-state index in [1.54, 1.807) is 26.0 Å². The maximum atomic E-state index is 12.5. The maximum Gasteiger partial charge on any atom is 0.427 e. The van der Waals surface area contributed by atoms with Crippen LogP contribution in [-0.2, 0) is 22.7 Å². The van der Waals surface area contributed by atoms with Crippen LogP contribution in [0.4, 0.5) is 18.3 Å². The Hall–Kier alpha value is -1.65. The minimum absolute atomic E-state index is 0.156. The van der Waals surface area contributed by atoms with Gasteiger partial charge in [0.15, 0.2) is 5.13 Å². The van der Waals surface area contributed by atoms with E-state index in [4.69, 9.17) is 0 Å². The molecule has 0 spiro atoms. The van der Waals surface area contributed by atoms with Gasteiger partial charge in [-0.15, -0.1) is 0 Å². The predicted molar refractivity (Wildman–Crippen MR) is 91.0 cm³/mol. The third kappa shape index (κ3) is 4.71. The molecule has 2 rings (SSSR count). The van der Waals surface area contributed by atoms with Crippen molar-refractivity contribution in [1.29, 1.82) is 0 Å². The van der Waals surface area contributed by atoms with Crippen molar-refractivity contribution in [2.75, 3.05) is 12.4 Å². The number of nitrogens with zero attached hydrogens (tertiary/aromatic N) is 2. The Morgan fingerprint density at radius 1 is 1.24 bits per heavy atom. The molecule has 0 aliphatic carbocycles. The molecule has 25 heavy (non-hydrogen) atoms. The molecule has 1 aromatic carbocycles. The Morgan fingerprint density at radius 3 is 2.32 bits per heavy atom. The van der Waals surface area contributed by atoms with Gasteiger partial charge in [0, 0.05) is 19.6 Å². The van der Waals surface area contributed by atoms with Crippen LogP contribution >= 0.6 is 11.3 Å². The van der Waals surface area contributed by atoms with E-state index < -0.39 is 21.1 Å². The molecule has 1 heterocycles. The van der Waals surface area contributed by atoms with Crippen LogP contribution in [0, 0.1) is 0 Å². The van der Waals surface area contributed by atoms with E-state index in [0.717, 1.165) is 11.8 Å².